The first kappa shape index (κ1) is 12.6. The molecule has 0 radical (unpaired) electrons. The zero-order valence-corrected chi connectivity index (χ0v) is 10.7. The van der Waals surface area contributed by atoms with Crippen molar-refractivity contribution in [2.75, 3.05) is 5.32 Å². The van der Waals surface area contributed by atoms with Crippen molar-refractivity contribution in [3.05, 3.63) is 35.5 Å². The molecule has 0 aliphatic rings. The van der Waals surface area contributed by atoms with Gasteiger partial charge in [0.1, 0.15) is 6.04 Å². The number of hydrogen-bond donors (Lipinski definition) is 2. The van der Waals surface area contributed by atoms with Gasteiger partial charge in [-0.2, -0.15) is 0 Å². The number of nitrogens with one attached hydrogen (secondary N) is 1. The second-order valence-corrected chi connectivity index (χ2v) is 4.41. The van der Waals surface area contributed by atoms with Crippen LogP contribution in [0.25, 0.3) is 10.9 Å². The van der Waals surface area contributed by atoms with Crippen LogP contribution in [0.2, 0.25) is 5.02 Å². The molecule has 0 spiro atoms. The number of fused-ring (bicyclic) bond motifs is 1. The summed E-state index contributed by atoms with van der Waals surface area (Å²) in [4.78, 5) is 15.5. The predicted molar refractivity (Wildman–Crippen MR) is 73.6 cm³/mol. The summed E-state index contributed by atoms with van der Waals surface area (Å²) in [6.07, 6.45) is 2.31. The van der Waals surface area contributed by atoms with E-state index in [9.17, 15) is 4.79 Å². The summed E-state index contributed by atoms with van der Waals surface area (Å²) < 4.78 is 0. The fourth-order valence-electron chi connectivity index (χ4n) is 1.82. The molecule has 0 fully saturated rings. The van der Waals surface area contributed by atoms with Crippen molar-refractivity contribution in [1.82, 2.24) is 4.98 Å². The highest BCUT2D eigenvalue weighted by atomic mass is 35.5. The van der Waals surface area contributed by atoms with Gasteiger partial charge < -0.3 is 11.1 Å². The summed E-state index contributed by atoms with van der Waals surface area (Å²) in [5.74, 6) is -0.378. The van der Waals surface area contributed by atoms with Crippen LogP contribution in [0.4, 0.5) is 5.69 Å². The van der Waals surface area contributed by atoms with E-state index >= 15 is 0 Å². The first-order chi connectivity index (χ1) is 8.63. The van der Waals surface area contributed by atoms with Gasteiger partial charge >= 0.3 is 0 Å². The molecule has 18 heavy (non-hydrogen) atoms. The Hall–Kier alpha value is -1.81. The van der Waals surface area contributed by atoms with Crippen LogP contribution in [0.5, 0.6) is 0 Å². The van der Waals surface area contributed by atoms with Crippen LogP contribution in [-0.2, 0) is 4.79 Å². The number of amides is 1. The average Bonchev–Trinajstić information content (AvgIpc) is 2.38. The van der Waals surface area contributed by atoms with Crippen molar-refractivity contribution in [1.29, 1.82) is 0 Å². The number of primary amides is 1. The van der Waals surface area contributed by atoms with Crippen molar-refractivity contribution in [2.24, 2.45) is 5.73 Å². The normalized spacial score (nSPS) is 12.3. The molecule has 94 valence electrons. The van der Waals surface area contributed by atoms with Gasteiger partial charge in [0.05, 0.1) is 16.2 Å². The predicted octanol–water partition coefficient (Wildman–Crippen LogP) is 2.56. The molecule has 1 amide bonds. The second-order valence-electron chi connectivity index (χ2n) is 4.00. The standard InChI is InChI=1S/C13H14ClN3O/c1-2-10(13(15)18)17-11-6-5-9(14)8-4-3-7-16-12(8)11/h3-7,10,17H,2H2,1H3,(H2,15,18). The lowest BCUT2D eigenvalue weighted by Gasteiger charge is -2.16. The summed E-state index contributed by atoms with van der Waals surface area (Å²) in [5, 5.41) is 4.59. The summed E-state index contributed by atoms with van der Waals surface area (Å²) in [6.45, 7) is 1.90. The number of rotatable bonds is 4. The molecule has 0 aliphatic heterocycles. The van der Waals surface area contributed by atoms with Crippen LogP contribution in [0.15, 0.2) is 30.5 Å². The van der Waals surface area contributed by atoms with Crippen LogP contribution in [-0.4, -0.2) is 16.9 Å². The summed E-state index contributed by atoms with van der Waals surface area (Å²) >= 11 is 6.10. The maximum Gasteiger partial charge on any atom is 0.239 e. The molecule has 2 rings (SSSR count). The first-order valence-electron chi connectivity index (χ1n) is 5.72. The molecule has 0 bridgehead atoms. The summed E-state index contributed by atoms with van der Waals surface area (Å²) in [5.41, 5.74) is 6.83. The molecule has 1 unspecified atom stereocenters. The maximum absolute atomic E-state index is 11.3. The topological polar surface area (TPSA) is 68.0 Å². The third-order valence-corrected chi connectivity index (χ3v) is 3.13. The zero-order valence-electron chi connectivity index (χ0n) is 9.98. The Labute approximate surface area is 110 Å². The number of anilines is 1. The van der Waals surface area contributed by atoms with Crippen LogP contribution in [0.3, 0.4) is 0 Å². The number of halogens is 1. The third kappa shape index (κ3) is 2.38. The van der Waals surface area contributed by atoms with E-state index in [-0.39, 0.29) is 5.91 Å². The lowest BCUT2D eigenvalue weighted by Crippen LogP contribution is -2.34. The SMILES string of the molecule is CCC(Nc1ccc(Cl)c2cccnc12)C(N)=O. The van der Waals surface area contributed by atoms with Crippen molar-refractivity contribution in [3.8, 4) is 0 Å². The molecular formula is C13H14ClN3O. The molecule has 0 saturated carbocycles. The van der Waals surface area contributed by atoms with Crippen LogP contribution in [0.1, 0.15) is 13.3 Å². The van der Waals surface area contributed by atoms with E-state index in [1.807, 2.05) is 25.1 Å². The van der Waals surface area contributed by atoms with Gasteiger partial charge in [0, 0.05) is 11.6 Å². The number of nitrogens with two attached hydrogens (primary N) is 1. The average molecular weight is 264 g/mol. The Bertz CT molecular complexity index is 585. The Kier molecular flexibility index (Phi) is 3.67. The zero-order chi connectivity index (χ0) is 13.1. The highest BCUT2D eigenvalue weighted by Crippen LogP contribution is 2.28. The number of aromatic nitrogens is 1. The van der Waals surface area contributed by atoms with Gasteiger partial charge in [-0.3, -0.25) is 9.78 Å². The Morgan fingerprint density at radius 1 is 1.50 bits per heavy atom. The van der Waals surface area contributed by atoms with Gasteiger partial charge in [0.15, 0.2) is 0 Å². The van der Waals surface area contributed by atoms with Gasteiger partial charge in [-0.15, -0.1) is 0 Å². The van der Waals surface area contributed by atoms with Gasteiger partial charge in [-0.05, 0) is 30.7 Å². The number of hydrogen-bond acceptors (Lipinski definition) is 3. The first-order valence-corrected chi connectivity index (χ1v) is 6.10. The Morgan fingerprint density at radius 3 is 2.94 bits per heavy atom. The number of benzene rings is 1. The summed E-state index contributed by atoms with van der Waals surface area (Å²) in [7, 11) is 0. The van der Waals surface area contributed by atoms with Gasteiger partial charge in [0.2, 0.25) is 5.91 Å². The molecule has 1 heterocycles. The molecule has 1 atom stereocenters. The quantitative estimate of drug-likeness (QED) is 0.891. The summed E-state index contributed by atoms with van der Waals surface area (Å²) in [6, 6.07) is 6.89. The number of nitrogens with zero attached hydrogens (tertiary/aromatic N) is 1. The second kappa shape index (κ2) is 5.23. The maximum atomic E-state index is 11.3. The van der Waals surface area contributed by atoms with Crippen LogP contribution < -0.4 is 11.1 Å². The van der Waals surface area contributed by atoms with Crippen molar-refractivity contribution in [3.63, 3.8) is 0 Å². The van der Waals surface area contributed by atoms with E-state index in [4.69, 9.17) is 17.3 Å². The van der Waals surface area contributed by atoms with E-state index in [1.165, 1.54) is 0 Å². The highest BCUT2D eigenvalue weighted by Gasteiger charge is 2.14. The molecule has 1 aromatic heterocycles. The van der Waals surface area contributed by atoms with Crippen molar-refractivity contribution in [2.45, 2.75) is 19.4 Å². The molecule has 4 nitrogen and oxygen atoms in total. The fourth-order valence-corrected chi connectivity index (χ4v) is 2.03. The van der Waals surface area contributed by atoms with E-state index in [1.54, 1.807) is 12.3 Å². The minimum atomic E-state index is -0.406. The molecule has 2 aromatic rings. The number of carbonyl (C=O) groups excluding carboxylic acids is 1. The Morgan fingerprint density at radius 2 is 2.28 bits per heavy atom. The van der Waals surface area contributed by atoms with E-state index in [2.05, 4.69) is 10.3 Å². The largest absolute Gasteiger partial charge is 0.372 e. The Balaban J connectivity index is 2.45. The minimum absolute atomic E-state index is 0.378. The highest BCUT2D eigenvalue weighted by molar-refractivity contribution is 6.35. The number of pyridine rings is 1. The minimum Gasteiger partial charge on any atom is -0.372 e. The molecule has 5 heteroatoms. The van der Waals surface area contributed by atoms with Gasteiger partial charge in [-0.25, -0.2) is 0 Å². The van der Waals surface area contributed by atoms with Gasteiger partial charge in [0.25, 0.3) is 0 Å². The third-order valence-electron chi connectivity index (χ3n) is 2.80. The molecule has 3 N–H and O–H groups in total. The smallest absolute Gasteiger partial charge is 0.239 e. The molecule has 0 saturated heterocycles. The van der Waals surface area contributed by atoms with Crippen molar-refractivity contribution < 1.29 is 4.79 Å². The molecular weight excluding hydrogens is 250 g/mol. The lowest BCUT2D eigenvalue weighted by molar-refractivity contribution is -0.118. The van der Waals surface area contributed by atoms with Crippen molar-refractivity contribution >= 4 is 34.1 Å². The monoisotopic (exact) mass is 263 g/mol. The molecule has 0 aliphatic carbocycles. The van der Waals surface area contributed by atoms with E-state index in [0.717, 1.165) is 16.6 Å². The fraction of sp³-hybridized carbons (Fsp3) is 0.231. The van der Waals surface area contributed by atoms with Crippen LogP contribution >= 0.6 is 11.6 Å². The lowest BCUT2D eigenvalue weighted by atomic mass is 10.1. The number of carbonyl (C=O) groups is 1. The molecule has 1 aromatic carbocycles. The van der Waals surface area contributed by atoms with Crippen LogP contribution in [0, 0.1) is 0 Å². The van der Waals surface area contributed by atoms with E-state index < -0.39 is 6.04 Å². The van der Waals surface area contributed by atoms with E-state index in [0.29, 0.717) is 11.4 Å². The van der Waals surface area contributed by atoms with Gasteiger partial charge in [-0.1, -0.05) is 18.5 Å².